The van der Waals surface area contributed by atoms with Gasteiger partial charge in [-0.05, 0) is 42.7 Å². The summed E-state index contributed by atoms with van der Waals surface area (Å²) >= 11 is 1.49. The van der Waals surface area contributed by atoms with E-state index in [9.17, 15) is 4.79 Å². The molecule has 2 aromatic carbocycles. The third-order valence-corrected chi connectivity index (χ3v) is 4.94. The first kappa shape index (κ1) is 19.9. The number of nitrogens with zero attached hydrogens (tertiary/aromatic N) is 1. The van der Waals surface area contributed by atoms with Crippen molar-refractivity contribution in [2.24, 2.45) is 0 Å². The number of nitrogens with one attached hydrogen (secondary N) is 2. The van der Waals surface area contributed by atoms with Crippen LogP contribution < -0.4 is 15.4 Å². The molecule has 1 heterocycles. The van der Waals surface area contributed by atoms with E-state index in [2.05, 4.69) is 34.7 Å². The summed E-state index contributed by atoms with van der Waals surface area (Å²) in [7, 11) is 0. The van der Waals surface area contributed by atoms with Crippen molar-refractivity contribution in [2.45, 2.75) is 33.1 Å². The summed E-state index contributed by atoms with van der Waals surface area (Å²) < 4.78 is 5.69. The Kier molecular flexibility index (Phi) is 7.03. The minimum atomic E-state index is -0.114. The predicted octanol–water partition coefficient (Wildman–Crippen LogP) is 5.42. The first-order valence-corrected chi connectivity index (χ1v) is 10.4. The summed E-state index contributed by atoms with van der Waals surface area (Å²) in [6.45, 7) is 4.80. The lowest BCUT2D eigenvalue weighted by molar-refractivity contribution is -0.115. The van der Waals surface area contributed by atoms with Gasteiger partial charge in [0.1, 0.15) is 5.75 Å². The first-order chi connectivity index (χ1) is 13.7. The fraction of sp³-hybridized carbons (Fsp3) is 0.273. The maximum absolute atomic E-state index is 12.4. The number of carbonyl (C=O) groups excluding carboxylic acids is 1. The van der Waals surface area contributed by atoms with Gasteiger partial charge in [0.15, 0.2) is 5.13 Å². The van der Waals surface area contributed by atoms with Gasteiger partial charge in [0.25, 0.3) is 0 Å². The van der Waals surface area contributed by atoms with Crippen LogP contribution in [0.1, 0.15) is 31.5 Å². The molecule has 0 unspecified atom stereocenters. The van der Waals surface area contributed by atoms with E-state index >= 15 is 0 Å². The second-order valence-corrected chi connectivity index (χ2v) is 7.25. The van der Waals surface area contributed by atoms with Gasteiger partial charge in [0.2, 0.25) is 5.91 Å². The molecule has 0 aliphatic carbocycles. The van der Waals surface area contributed by atoms with E-state index in [1.54, 1.807) is 0 Å². The highest BCUT2D eigenvalue weighted by molar-refractivity contribution is 7.13. The Hall–Kier alpha value is -2.86. The summed E-state index contributed by atoms with van der Waals surface area (Å²) in [5, 5.41) is 8.89. The molecule has 3 rings (SSSR count). The summed E-state index contributed by atoms with van der Waals surface area (Å²) in [4.78, 5) is 16.9. The molecule has 6 heteroatoms. The van der Waals surface area contributed by atoms with Gasteiger partial charge in [-0.2, -0.15) is 0 Å². The number of amides is 1. The van der Waals surface area contributed by atoms with Crippen LogP contribution in [-0.4, -0.2) is 17.5 Å². The lowest BCUT2D eigenvalue weighted by Crippen LogP contribution is -2.15. The highest BCUT2D eigenvalue weighted by Gasteiger charge is 2.11. The van der Waals surface area contributed by atoms with Gasteiger partial charge in [-0.1, -0.05) is 38.1 Å². The summed E-state index contributed by atoms with van der Waals surface area (Å²) in [5.74, 6) is 0.575. The summed E-state index contributed by atoms with van der Waals surface area (Å²) in [6.07, 6.45) is 2.15. The molecule has 0 aliphatic heterocycles. The van der Waals surface area contributed by atoms with Crippen molar-refractivity contribution < 1.29 is 9.53 Å². The number of hydrogen-bond donors (Lipinski definition) is 2. The second-order valence-electron chi connectivity index (χ2n) is 6.39. The number of aromatic nitrogens is 1. The van der Waals surface area contributed by atoms with Crippen LogP contribution in [0.4, 0.5) is 16.5 Å². The SMILES string of the molecule is CCCOc1ccccc1NC(=O)Cc1csc(Nc2ccc(CC)cc2)n1. The Balaban J connectivity index is 1.58. The van der Waals surface area contributed by atoms with Crippen LogP contribution in [-0.2, 0) is 17.6 Å². The molecule has 0 atom stereocenters. The zero-order valence-electron chi connectivity index (χ0n) is 16.2. The van der Waals surface area contributed by atoms with E-state index in [1.165, 1.54) is 16.9 Å². The molecule has 2 N–H and O–H groups in total. The first-order valence-electron chi connectivity index (χ1n) is 9.50. The average Bonchev–Trinajstić information content (AvgIpc) is 3.14. The topological polar surface area (TPSA) is 63.2 Å². The fourth-order valence-corrected chi connectivity index (χ4v) is 3.39. The van der Waals surface area contributed by atoms with Crippen molar-refractivity contribution in [1.29, 1.82) is 0 Å². The van der Waals surface area contributed by atoms with E-state index < -0.39 is 0 Å². The maximum atomic E-state index is 12.4. The molecule has 1 amide bonds. The molecule has 0 spiro atoms. The zero-order valence-corrected chi connectivity index (χ0v) is 17.0. The monoisotopic (exact) mass is 395 g/mol. The number of aryl methyl sites for hydroxylation is 1. The highest BCUT2D eigenvalue weighted by atomic mass is 32.1. The summed E-state index contributed by atoms with van der Waals surface area (Å²) in [6, 6.07) is 15.8. The van der Waals surface area contributed by atoms with Gasteiger partial charge in [-0.25, -0.2) is 4.98 Å². The van der Waals surface area contributed by atoms with Crippen LogP contribution in [0.25, 0.3) is 0 Å². The number of thiazole rings is 1. The lowest BCUT2D eigenvalue weighted by atomic mass is 10.1. The third kappa shape index (κ3) is 5.57. The van der Waals surface area contributed by atoms with E-state index in [0.717, 1.165) is 29.4 Å². The molecule has 28 heavy (non-hydrogen) atoms. The molecular formula is C22H25N3O2S. The van der Waals surface area contributed by atoms with Gasteiger partial charge in [-0.15, -0.1) is 11.3 Å². The Bertz CT molecular complexity index is 906. The molecule has 146 valence electrons. The van der Waals surface area contributed by atoms with Crippen LogP contribution in [0.3, 0.4) is 0 Å². The average molecular weight is 396 g/mol. The highest BCUT2D eigenvalue weighted by Crippen LogP contribution is 2.25. The van der Waals surface area contributed by atoms with Crippen LogP contribution in [0.5, 0.6) is 5.75 Å². The van der Waals surface area contributed by atoms with Crippen LogP contribution >= 0.6 is 11.3 Å². The molecule has 3 aromatic rings. The standard InChI is InChI=1S/C22H25N3O2S/c1-3-13-27-20-8-6-5-7-19(20)25-21(26)14-18-15-28-22(24-18)23-17-11-9-16(4-2)10-12-17/h5-12,15H,3-4,13-14H2,1-2H3,(H,23,24)(H,25,26). The quantitative estimate of drug-likeness (QED) is 0.508. The second kappa shape index (κ2) is 9.90. The Labute approximate surface area is 169 Å². The van der Waals surface area contributed by atoms with Gasteiger partial charge in [0, 0.05) is 11.1 Å². The summed E-state index contributed by atoms with van der Waals surface area (Å²) in [5.41, 5.74) is 3.71. The number of anilines is 3. The van der Waals surface area contributed by atoms with Crippen molar-refractivity contribution in [3.05, 3.63) is 65.2 Å². The van der Waals surface area contributed by atoms with E-state index in [0.29, 0.717) is 18.0 Å². The molecule has 0 saturated carbocycles. The van der Waals surface area contributed by atoms with E-state index in [4.69, 9.17) is 4.74 Å². The predicted molar refractivity (Wildman–Crippen MR) is 116 cm³/mol. The van der Waals surface area contributed by atoms with Crippen molar-refractivity contribution in [2.75, 3.05) is 17.2 Å². The van der Waals surface area contributed by atoms with Gasteiger partial charge < -0.3 is 15.4 Å². The molecule has 1 aromatic heterocycles. The fourth-order valence-electron chi connectivity index (χ4n) is 2.66. The largest absolute Gasteiger partial charge is 0.491 e. The number of benzene rings is 2. The number of carbonyl (C=O) groups is 1. The zero-order chi connectivity index (χ0) is 19.8. The van der Waals surface area contributed by atoms with E-state index in [-0.39, 0.29) is 12.3 Å². The molecule has 0 aliphatic rings. The van der Waals surface area contributed by atoms with Crippen molar-refractivity contribution in [3.8, 4) is 5.75 Å². The molecular weight excluding hydrogens is 370 g/mol. The Morgan fingerprint density at radius 2 is 1.89 bits per heavy atom. The maximum Gasteiger partial charge on any atom is 0.230 e. The molecule has 0 radical (unpaired) electrons. The third-order valence-electron chi connectivity index (χ3n) is 4.13. The van der Waals surface area contributed by atoms with Crippen molar-refractivity contribution in [1.82, 2.24) is 4.98 Å². The van der Waals surface area contributed by atoms with Crippen LogP contribution in [0, 0.1) is 0 Å². The van der Waals surface area contributed by atoms with Gasteiger partial charge in [-0.3, -0.25) is 4.79 Å². The molecule has 0 bridgehead atoms. The molecule has 0 saturated heterocycles. The number of ether oxygens (including phenoxy) is 1. The smallest absolute Gasteiger partial charge is 0.230 e. The Morgan fingerprint density at radius 3 is 2.64 bits per heavy atom. The molecule has 5 nitrogen and oxygen atoms in total. The number of para-hydroxylation sites is 2. The van der Waals surface area contributed by atoms with Crippen LogP contribution in [0.15, 0.2) is 53.9 Å². The minimum absolute atomic E-state index is 0.114. The normalized spacial score (nSPS) is 10.5. The Morgan fingerprint density at radius 1 is 1.11 bits per heavy atom. The number of hydrogen-bond acceptors (Lipinski definition) is 5. The minimum Gasteiger partial charge on any atom is -0.491 e. The van der Waals surface area contributed by atoms with E-state index in [1.807, 2.05) is 48.7 Å². The lowest BCUT2D eigenvalue weighted by Gasteiger charge is -2.11. The van der Waals surface area contributed by atoms with Crippen LogP contribution in [0.2, 0.25) is 0 Å². The van der Waals surface area contributed by atoms with Crippen molar-refractivity contribution >= 4 is 33.8 Å². The van der Waals surface area contributed by atoms with Gasteiger partial charge in [0.05, 0.1) is 24.4 Å². The van der Waals surface area contributed by atoms with Gasteiger partial charge >= 0.3 is 0 Å². The number of rotatable bonds is 9. The van der Waals surface area contributed by atoms with Crippen molar-refractivity contribution in [3.63, 3.8) is 0 Å². The molecule has 0 fully saturated rings.